The van der Waals surface area contributed by atoms with Gasteiger partial charge >= 0.3 is 14.5 Å². The lowest BCUT2D eigenvalue weighted by molar-refractivity contribution is -0.139. The minimum Gasteiger partial charge on any atom is -0.462 e. The highest BCUT2D eigenvalue weighted by Crippen LogP contribution is 2.19. The number of esters is 1. The van der Waals surface area contributed by atoms with Gasteiger partial charge < -0.3 is 13.6 Å². The molecule has 0 bridgehead atoms. The molecule has 0 saturated carbocycles. The van der Waals surface area contributed by atoms with Crippen molar-refractivity contribution in [3.63, 3.8) is 0 Å². The second-order valence-electron chi connectivity index (χ2n) is 5.30. The Hall–Kier alpha value is -0.653. The van der Waals surface area contributed by atoms with E-state index >= 15 is 0 Å². The standard InChI is InChI=1S/C15H30O4Si/c1-7-12-20(6,18-8-2)19-14(5)10-9-11-17-15(16)13(3)4/h14H,3,7-12H2,1-2,4-6H3. The van der Waals surface area contributed by atoms with Gasteiger partial charge in [-0.05, 0) is 46.2 Å². The fourth-order valence-electron chi connectivity index (χ4n) is 2.07. The largest absolute Gasteiger partial charge is 0.462 e. The van der Waals surface area contributed by atoms with E-state index in [-0.39, 0.29) is 12.1 Å². The van der Waals surface area contributed by atoms with Crippen LogP contribution in [0.15, 0.2) is 12.2 Å². The number of carbonyl (C=O) groups excluding carboxylic acids is 1. The summed E-state index contributed by atoms with van der Waals surface area (Å²) in [7, 11) is -2.03. The molecule has 0 aliphatic rings. The Balaban J connectivity index is 3.99. The molecule has 0 aliphatic heterocycles. The number of hydrogen-bond donors (Lipinski definition) is 0. The average molecular weight is 302 g/mol. The summed E-state index contributed by atoms with van der Waals surface area (Å²) >= 11 is 0. The summed E-state index contributed by atoms with van der Waals surface area (Å²) in [5.74, 6) is -0.321. The Labute approximate surface area is 124 Å². The summed E-state index contributed by atoms with van der Waals surface area (Å²) in [5, 5.41) is 0. The lowest BCUT2D eigenvalue weighted by Gasteiger charge is -2.29. The fourth-order valence-corrected chi connectivity index (χ4v) is 4.89. The van der Waals surface area contributed by atoms with Gasteiger partial charge in [-0.1, -0.05) is 19.9 Å². The highest BCUT2D eigenvalue weighted by atomic mass is 28.4. The van der Waals surface area contributed by atoms with Crippen molar-refractivity contribution in [3.8, 4) is 0 Å². The van der Waals surface area contributed by atoms with Gasteiger partial charge in [-0.15, -0.1) is 0 Å². The second-order valence-corrected chi connectivity index (χ2v) is 8.60. The number of carbonyl (C=O) groups is 1. The summed E-state index contributed by atoms with van der Waals surface area (Å²) in [4.78, 5) is 11.2. The molecule has 0 aromatic rings. The first-order valence-electron chi connectivity index (χ1n) is 7.49. The Morgan fingerprint density at radius 3 is 2.50 bits per heavy atom. The third-order valence-electron chi connectivity index (χ3n) is 2.94. The second kappa shape index (κ2) is 10.1. The number of hydrogen-bond acceptors (Lipinski definition) is 4. The van der Waals surface area contributed by atoms with E-state index in [0.29, 0.717) is 18.8 Å². The van der Waals surface area contributed by atoms with Gasteiger partial charge in [-0.2, -0.15) is 0 Å². The molecular formula is C15H30O4Si. The molecule has 0 aromatic heterocycles. The van der Waals surface area contributed by atoms with Crippen molar-refractivity contribution in [1.82, 2.24) is 0 Å². The zero-order chi connectivity index (χ0) is 15.6. The maximum absolute atomic E-state index is 11.2. The summed E-state index contributed by atoms with van der Waals surface area (Å²) < 4.78 is 17.0. The van der Waals surface area contributed by atoms with Crippen LogP contribution in [-0.2, 0) is 18.4 Å². The van der Waals surface area contributed by atoms with Crippen LogP contribution in [0.2, 0.25) is 12.6 Å². The number of rotatable bonds is 11. The van der Waals surface area contributed by atoms with Crippen LogP contribution in [0.25, 0.3) is 0 Å². The molecule has 0 saturated heterocycles. The highest BCUT2D eigenvalue weighted by molar-refractivity contribution is 6.66. The first-order valence-corrected chi connectivity index (χ1v) is 10.0. The minimum atomic E-state index is -2.03. The Morgan fingerprint density at radius 2 is 2.00 bits per heavy atom. The zero-order valence-electron chi connectivity index (χ0n) is 13.7. The van der Waals surface area contributed by atoms with Gasteiger partial charge in [0.1, 0.15) is 0 Å². The molecule has 2 unspecified atom stereocenters. The lowest BCUT2D eigenvalue weighted by Crippen LogP contribution is -2.41. The SMILES string of the molecule is C=C(C)C(=O)OCCCC(C)O[Si](C)(CCC)OCC. The minimum absolute atomic E-state index is 0.133. The molecule has 0 fully saturated rings. The van der Waals surface area contributed by atoms with Crippen molar-refractivity contribution < 1.29 is 18.4 Å². The van der Waals surface area contributed by atoms with Crippen LogP contribution >= 0.6 is 0 Å². The van der Waals surface area contributed by atoms with E-state index in [9.17, 15) is 4.79 Å². The molecule has 0 rings (SSSR count). The molecule has 0 N–H and O–H groups in total. The van der Waals surface area contributed by atoms with Crippen molar-refractivity contribution >= 4 is 14.5 Å². The molecule has 0 aromatic carbocycles. The van der Waals surface area contributed by atoms with Crippen LogP contribution in [0, 0.1) is 0 Å². The van der Waals surface area contributed by atoms with Gasteiger partial charge in [0.2, 0.25) is 0 Å². The molecule has 20 heavy (non-hydrogen) atoms. The van der Waals surface area contributed by atoms with Gasteiger partial charge in [0, 0.05) is 18.3 Å². The van der Waals surface area contributed by atoms with E-state index in [1.54, 1.807) is 6.92 Å². The van der Waals surface area contributed by atoms with Gasteiger partial charge in [-0.3, -0.25) is 0 Å². The summed E-state index contributed by atoms with van der Waals surface area (Å²) in [5.41, 5.74) is 0.438. The van der Waals surface area contributed by atoms with E-state index < -0.39 is 8.56 Å². The predicted molar refractivity (Wildman–Crippen MR) is 83.9 cm³/mol. The molecule has 0 amide bonds. The topological polar surface area (TPSA) is 44.8 Å². The maximum Gasteiger partial charge on any atom is 0.335 e. The molecule has 0 radical (unpaired) electrons. The Bertz CT molecular complexity index is 298. The van der Waals surface area contributed by atoms with Crippen LogP contribution in [0.4, 0.5) is 0 Å². The van der Waals surface area contributed by atoms with E-state index in [1.165, 1.54) is 0 Å². The van der Waals surface area contributed by atoms with E-state index in [2.05, 4.69) is 27.0 Å². The number of ether oxygens (including phenoxy) is 1. The normalized spacial score (nSPS) is 15.4. The monoisotopic (exact) mass is 302 g/mol. The van der Waals surface area contributed by atoms with Gasteiger partial charge in [-0.25, -0.2) is 4.79 Å². The van der Waals surface area contributed by atoms with Crippen LogP contribution in [0.3, 0.4) is 0 Å². The highest BCUT2D eigenvalue weighted by Gasteiger charge is 2.31. The van der Waals surface area contributed by atoms with Crippen molar-refractivity contribution in [2.24, 2.45) is 0 Å². The summed E-state index contributed by atoms with van der Waals surface area (Å²) in [6.45, 7) is 14.6. The van der Waals surface area contributed by atoms with Crippen molar-refractivity contribution in [2.75, 3.05) is 13.2 Å². The molecule has 0 heterocycles. The first-order chi connectivity index (χ1) is 9.34. The lowest BCUT2D eigenvalue weighted by atomic mass is 10.2. The summed E-state index contributed by atoms with van der Waals surface area (Å²) in [6, 6.07) is 1.01. The smallest absolute Gasteiger partial charge is 0.335 e. The quantitative estimate of drug-likeness (QED) is 0.252. The Kier molecular flexibility index (Phi) is 9.80. The van der Waals surface area contributed by atoms with Crippen molar-refractivity contribution in [1.29, 1.82) is 0 Å². The first kappa shape index (κ1) is 19.3. The van der Waals surface area contributed by atoms with Gasteiger partial charge in [0.15, 0.2) is 0 Å². The predicted octanol–water partition coefficient (Wildman–Crippen LogP) is 3.81. The van der Waals surface area contributed by atoms with E-state index in [4.69, 9.17) is 13.6 Å². The van der Waals surface area contributed by atoms with Crippen LogP contribution < -0.4 is 0 Å². The summed E-state index contributed by atoms with van der Waals surface area (Å²) in [6.07, 6.45) is 2.87. The molecular weight excluding hydrogens is 272 g/mol. The maximum atomic E-state index is 11.2. The Morgan fingerprint density at radius 1 is 1.35 bits per heavy atom. The van der Waals surface area contributed by atoms with Gasteiger partial charge in [0.25, 0.3) is 0 Å². The molecule has 0 aliphatic carbocycles. The third-order valence-corrected chi connectivity index (χ3v) is 6.15. The fraction of sp³-hybridized carbons (Fsp3) is 0.800. The van der Waals surface area contributed by atoms with Crippen LogP contribution in [-0.4, -0.2) is 33.8 Å². The van der Waals surface area contributed by atoms with Crippen molar-refractivity contribution in [2.45, 2.75) is 65.7 Å². The molecule has 0 spiro atoms. The molecule has 118 valence electrons. The van der Waals surface area contributed by atoms with Gasteiger partial charge in [0.05, 0.1) is 6.61 Å². The van der Waals surface area contributed by atoms with Crippen LogP contribution in [0.1, 0.15) is 47.0 Å². The molecule has 4 nitrogen and oxygen atoms in total. The molecule has 2 atom stereocenters. The van der Waals surface area contributed by atoms with E-state index in [1.807, 2.05) is 6.92 Å². The average Bonchev–Trinajstić information content (AvgIpc) is 2.34. The van der Waals surface area contributed by atoms with Crippen molar-refractivity contribution in [3.05, 3.63) is 12.2 Å². The third kappa shape index (κ3) is 8.50. The van der Waals surface area contributed by atoms with E-state index in [0.717, 1.165) is 25.3 Å². The van der Waals surface area contributed by atoms with Crippen LogP contribution in [0.5, 0.6) is 0 Å². The molecule has 5 heteroatoms. The zero-order valence-corrected chi connectivity index (χ0v) is 14.7.